The fourth-order valence-electron chi connectivity index (χ4n) is 5.27. The number of benzene rings is 1. The molecule has 1 N–H and O–H groups in total. The third kappa shape index (κ3) is 3.23. The summed E-state index contributed by atoms with van der Waals surface area (Å²) in [5.41, 5.74) is 1.10. The summed E-state index contributed by atoms with van der Waals surface area (Å²) >= 11 is 1.49. The summed E-state index contributed by atoms with van der Waals surface area (Å²) < 4.78 is 0. The van der Waals surface area contributed by atoms with Crippen LogP contribution >= 0.6 is 11.3 Å². The average molecular weight is 425 g/mol. The van der Waals surface area contributed by atoms with E-state index in [0.29, 0.717) is 23.2 Å². The minimum absolute atomic E-state index is 0.0585. The minimum Gasteiger partial charge on any atom is -0.332 e. The molecular formula is C23H28N4O2S. The molecule has 2 fully saturated rings. The third-order valence-corrected chi connectivity index (χ3v) is 7.89. The minimum atomic E-state index is -0.436. The fourth-order valence-corrected chi connectivity index (χ4v) is 6.18. The number of hydrogen-bond donors (Lipinski definition) is 1. The van der Waals surface area contributed by atoms with E-state index in [9.17, 15) is 9.59 Å². The lowest BCUT2D eigenvalue weighted by molar-refractivity contribution is -0.121. The number of nitrogens with zero attached hydrogens (tertiary/aromatic N) is 3. The normalized spacial score (nSPS) is 22.4. The van der Waals surface area contributed by atoms with E-state index in [-0.39, 0.29) is 17.7 Å². The van der Waals surface area contributed by atoms with E-state index in [4.69, 9.17) is 0 Å². The highest BCUT2D eigenvalue weighted by Crippen LogP contribution is 2.51. The van der Waals surface area contributed by atoms with Crippen LogP contribution in [-0.4, -0.2) is 39.0 Å². The maximum Gasteiger partial charge on any atom is 0.254 e. The van der Waals surface area contributed by atoms with Crippen molar-refractivity contribution < 1.29 is 9.59 Å². The van der Waals surface area contributed by atoms with E-state index in [2.05, 4.69) is 22.4 Å². The Balaban J connectivity index is 1.53. The SMILES string of the molecule is CCCCN1C(=O)c2ccccc2[C@@H](C(=O)Nc2nnc(C3CC3)s2)C12CCCC2. The molecule has 2 aliphatic carbocycles. The third-order valence-electron chi connectivity index (χ3n) is 6.89. The second-order valence-corrected chi connectivity index (χ2v) is 9.86. The first-order valence-electron chi connectivity index (χ1n) is 11.2. The Morgan fingerprint density at radius 2 is 2.00 bits per heavy atom. The van der Waals surface area contributed by atoms with Crippen molar-refractivity contribution in [2.45, 2.75) is 75.7 Å². The lowest BCUT2D eigenvalue weighted by Gasteiger charge is -2.50. The molecule has 2 amide bonds. The molecule has 1 aromatic carbocycles. The van der Waals surface area contributed by atoms with Gasteiger partial charge in [0.2, 0.25) is 11.0 Å². The van der Waals surface area contributed by atoms with Gasteiger partial charge >= 0.3 is 0 Å². The van der Waals surface area contributed by atoms with Crippen LogP contribution < -0.4 is 5.32 Å². The van der Waals surface area contributed by atoms with Crippen LogP contribution in [-0.2, 0) is 4.79 Å². The van der Waals surface area contributed by atoms with Gasteiger partial charge < -0.3 is 4.90 Å². The van der Waals surface area contributed by atoms with Crippen LogP contribution in [0.5, 0.6) is 0 Å². The zero-order valence-corrected chi connectivity index (χ0v) is 18.2. The van der Waals surface area contributed by atoms with Gasteiger partial charge in [0, 0.05) is 18.0 Å². The van der Waals surface area contributed by atoms with Crippen LogP contribution in [0.25, 0.3) is 0 Å². The standard InChI is InChI=1S/C23H28N4O2S/c1-2-3-14-27-21(29)17-9-5-4-8-16(17)18(23(27)12-6-7-13-23)19(28)24-22-26-25-20(30-22)15-10-11-15/h4-5,8-9,15,18H,2-3,6-7,10-14H2,1H3,(H,24,26,28)/t18-/m0/s1. The molecule has 6 nitrogen and oxygen atoms in total. The van der Waals surface area contributed by atoms with Crippen molar-refractivity contribution in [2.24, 2.45) is 0 Å². The highest BCUT2D eigenvalue weighted by Gasteiger charge is 2.55. The van der Waals surface area contributed by atoms with Crippen molar-refractivity contribution in [1.29, 1.82) is 0 Å². The first kappa shape index (κ1) is 19.7. The van der Waals surface area contributed by atoms with Crippen LogP contribution in [0.3, 0.4) is 0 Å². The summed E-state index contributed by atoms with van der Waals surface area (Å²) in [5.74, 6) is 0.166. The van der Waals surface area contributed by atoms with Gasteiger partial charge in [-0.25, -0.2) is 0 Å². The number of anilines is 1. The topological polar surface area (TPSA) is 75.2 Å². The van der Waals surface area contributed by atoms with E-state index in [1.807, 2.05) is 29.2 Å². The number of hydrogen-bond acceptors (Lipinski definition) is 5. The largest absolute Gasteiger partial charge is 0.332 e. The molecule has 2 heterocycles. The molecule has 5 rings (SSSR count). The second kappa shape index (κ2) is 7.76. The summed E-state index contributed by atoms with van der Waals surface area (Å²) in [4.78, 5) is 29.2. The van der Waals surface area contributed by atoms with Crippen molar-refractivity contribution in [3.8, 4) is 0 Å². The molecule has 7 heteroatoms. The van der Waals surface area contributed by atoms with Gasteiger partial charge in [0.15, 0.2) is 0 Å². The molecule has 2 saturated carbocycles. The van der Waals surface area contributed by atoms with Crippen molar-refractivity contribution >= 4 is 28.3 Å². The van der Waals surface area contributed by atoms with E-state index in [1.54, 1.807) is 0 Å². The van der Waals surface area contributed by atoms with Gasteiger partial charge in [-0.2, -0.15) is 0 Å². The highest BCUT2D eigenvalue weighted by atomic mass is 32.1. The number of rotatable bonds is 6. The van der Waals surface area contributed by atoms with Gasteiger partial charge in [0.05, 0.1) is 11.5 Å². The molecule has 0 radical (unpaired) electrons. The van der Waals surface area contributed by atoms with Crippen LogP contribution in [0.4, 0.5) is 5.13 Å². The predicted molar refractivity (Wildman–Crippen MR) is 117 cm³/mol. The highest BCUT2D eigenvalue weighted by molar-refractivity contribution is 7.15. The molecule has 2 aromatic rings. The Kier molecular flexibility index (Phi) is 5.09. The molecule has 0 bridgehead atoms. The summed E-state index contributed by atoms with van der Waals surface area (Å²) in [6.07, 6.45) is 8.14. The van der Waals surface area contributed by atoms with Gasteiger partial charge in [0.25, 0.3) is 5.91 Å². The molecule has 1 aromatic heterocycles. The molecule has 158 valence electrons. The molecule has 0 saturated heterocycles. The first-order chi connectivity index (χ1) is 14.6. The van der Waals surface area contributed by atoms with E-state index in [0.717, 1.165) is 61.9 Å². The van der Waals surface area contributed by atoms with Gasteiger partial charge in [-0.05, 0) is 43.7 Å². The number of unbranched alkanes of at least 4 members (excludes halogenated alkanes) is 1. The first-order valence-corrected chi connectivity index (χ1v) is 12.0. The molecule has 1 spiro atoms. The fraction of sp³-hybridized carbons (Fsp3) is 0.565. The summed E-state index contributed by atoms with van der Waals surface area (Å²) in [6, 6.07) is 7.66. The maximum absolute atomic E-state index is 13.7. The smallest absolute Gasteiger partial charge is 0.254 e. The monoisotopic (exact) mass is 424 g/mol. The molecule has 3 aliphatic rings. The van der Waals surface area contributed by atoms with E-state index < -0.39 is 5.54 Å². The second-order valence-electron chi connectivity index (χ2n) is 8.85. The van der Waals surface area contributed by atoms with Crippen molar-refractivity contribution in [3.63, 3.8) is 0 Å². The number of aromatic nitrogens is 2. The summed E-state index contributed by atoms with van der Waals surface area (Å²) in [6.45, 7) is 2.85. The van der Waals surface area contributed by atoms with Gasteiger partial charge in [-0.15, -0.1) is 10.2 Å². The van der Waals surface area contributed by atoms with Gasteiger partial charge in [-0.1, -0.05) is 55.7 Å². The molecule has 0 unspecified atom stereocenters. The van der Waals surface area contributed by atoms with Crippen molar-refractivity contribution in [2.75, 3.05) is 11.9 Å². The number of fused-ring (bicyclic) bond motifs is 1. The van der Waals surface area contributed by atoms with Crippen LogP contribution in [0, 0.1) is 0 Å². The lowest BCUT2D eigenvalue weighted by atomic mass is 9.71. The quantitative estimate of drug-likeness (QED) is 0.729. The number of carbonyl (C=O) groups excluding carboxylic acids is 2. The average Bonchev–Trinajstić information content (AvgIpc) is 3.31. The zero-order chi connectivity index (χ0) is 20.7. The Bertz CT molecular complexity index is 962. The van der Waals surface area contributed by atoms with E-state index in [1.165, 1.54) is 11.3 Å². The number of amides is 2. The lowest BCUT2D eigenvalue weighted by Crippen LogP contribution is -2.60. The molecule has 1 aliphatic heterocycles. The Hall–Kier alpha value is -2.28. The zero-order valence-electron chi connectivity index (χ0n) is 17.4. The summed E-state index contributed by atoms with van der Waals surface area (Å²) in [7, 11) is 0. The van der Waals surface area contributed by atoms with Crippen LogP contribution in [0.1, 0.15) is 91.1 Å². The van der Waals surface area contributed by atoms with Crippen LogP contribution in [0.2, 0.25) is 0 Å². The molecule has 30 heavy (non-hydrogen) atoms. The Morgan fingerprint density at radius 1 is 1.23 bits per heavy atom. The maximum atomic E-state index is 13.7. The molecular weight excluding hydrogens is 396 g/mol. The molecule has 1 atom stereocenters. The summed E-state index contributed by atoms with van der Waals surface area (Å²) in [5, 5.41) is 13.1. The Labute approximate surface area is 181 Å². The predicted octanol–water partition coefficient (Wildman–Crippen LogP) is 4.71. The van der Waals surface area contributed by atoms with Gasteiger partial charge in [-0.3, -0.25) is 14.9 Å². The van der Waals surface area contributed by atoms with Crippen molar-refractivity contribution in [3.05, 3.63) is 40.4 Å². The Morgan fingerprint density at radius 3 is 2.73 bits per heavy atom. The number of carbonyl (C=O) groups is 2. The van der Waals surface area contributed by atoms with Crippen LogP contribution in [0.15, 0.2) is 24.3 Å². The van der Waals surface area contributed by atoms with Crippen molar-refractivity contribution in [1.82, 2.24) is 15.1 Å². The van der Waals surface area contributed by atoms with Gasteiger partial charge in [0.1, 0.15) is 5.01 Å². The number of nitrogens with one attached hydrogen (secondary N) is 1. The van der Waals surface area contributed by atoms with E-state index >= 15 is 0 Å².